The van der Waals surface area contributed by atoms with E-state index in [1.165, 1.54) is 24.4 Å². The van der Waals surface area contributed by atoms with Gasteiger partial charge in [-0.2, -0.15) is 17.6 Å². The molecule has 158 valence electrons. The fourth-order valence-electron chi connectivity index (χ4n) is 2.79. The lowest BCUT2D eigenvalue weighted by Crippen LogP contribution is -2.07. The topological polar surface area (TPSA) is 64.5 Å². The highest BCUT2D eigenvalue weighted by molar-refractivity contribution is 5.72. The maximum absolute atomic E-state index is 15.3. The van der Waals surface area contributed by atoms with Crippen LogP contribution in [0.4, 0.5) is 22.0 Å². The summed E-state index contributed by atoms with van der Waals surface area (Å²) in [5, 5.41) is 9.04. The number of nitrogens with zero attached hydrogens (tertiary/aromatic N) is 2. The molecule has 0 atom stereocenters. The van der Waals surface area contributed by atoms with Crippen molar-refractivity contribution in [1.29, 1.82) is 0 Å². The zero-order valence-corrected chi connectivity index (χ0v) is 15.2. The number of rotatable bonds is 8. The Morgan fingerprint density at radius 3 is 2.33 bits per heavy atom. The van der Waals surface area contributed by atoms with Gasteiger partial charge in [0.2, 0.25) is 5.88 Å². The number of pyridine rings is 2. The Kier molecular flexibility index (Phi) is 6.78. The molecule has 0 unspecified atom stereocenters. The summed E-state index contributed by atoms with van der Waals surface area (Å²) in [6.07, 6.45) is 2.61. The van der Waals surface area contributed by atoms with Gasteiger partial charge in [-0.1, -0.05) is 12.1 Å². The Bertz CT molecular complexity index is 1000. The molecule has 0 fully saturated rings. The Morgan fingerprint density at radius 2 is 1.70 bits per heavy atom. The van der Waals surface area contributed by atoms with E-state index in [0.717, 1.165) is 12.3 Å². The third-order valence-electron chi connectivity index (χ3n) is 4.08. The average Bonchev–Trinajstić information content (AvgIpc) is 2.70. The summed E-state index contributed by atoms with van der Waals surface area (Å²) in [6, 6.07) is 7.93. The van der Waals surface area contributed by atoms with Gasteiger partial charge in [-0.05, 0) is 34.9 Å². The van der Waals surface area contributed by atoms with Crippen molar-refractivity contribution in [2.45, 2.75) is 26.3 Å². The summed E-state index contributed by atoms with van der Waals surface area (Å²) in [6.45, 7) is -6.62. The van der Waals surface area contributed by atoms with Crippen LogP contribution < -0.4 is 9.47 Å². The number of hydrogen-bond acceptors (Lipinski definition) is 5. The van der Waals surface area contributed by atoms with Gasteiger partial charge in [-0.25, -0.2) is 9.37 Å². The Hall–Kier alpha value is -3.27. The first-order valence-electron chi connectivity index (χ1n) is 8.59. The number of halogens is 5. The van der Waals surface area contributed by atoms with Gasteiger partial charge in [-0.3, -0.25) is 4.98 Å². The van der Waals surface area contributed by atoms with Crippen LogP contribution in [0.5, 0.6) is 11.6 Å². The van der Waals surface area contributed by atoms with Gasteiger partial charge in [0.1, 0.15) is 11.6 Å². The van der Waals surface area contributed by atoms with Crippen molar-refractivity contribution in [3.8, 4) is 22.8 Å². The minimum absolute atomic E-state index is 0.0237. The van der Waals surface area contributed by atoms with E-state index in [0.29, 0.717) is 11.3 Å². The van der Waals surface area contributed by atoms with Gasteiger partial charge >= 0.3 is 13.2 Å². The number of aliphatic hydroxyl groups excluding tert-OH is 1. The lowest BCUT2D eigenvalue weighted by molar-refractivity contribution is -0.0528. The van der Waals surface area contributed by atoms with Crippen LogP contribution in [0, 0.1) is 5.82 Å². The molecule has 0 bridgehead atoms. The van der Waals surface area contributed by atoms with Crippen molar-refractivity contribution in [3.05, 3.63) is 71.4 Å². The molecule has 0 spiro atoms. The average molecular weight is 426 g/mol. The maximum Gasteiger partial charge on any atom is 0.388 e. The number of alkyl halides is 4. The highest BCUT2D eigenvalue weighted by atomic mass is 19.3. The van der Waals surface area contributed by atoms with Gasteiger partial charge in [0.25, 0.3) is 0 Å². The van der Waals surface area contributed by atoms with E-state index in [9.17, 15) is 17.6 Å². The van der Waals surface area contributed by atoms with Gasteiger partial charge in [-0.15, -0.1) is 0 Å². The van der Waals surface area contributed by atoms with Crippen LogP contribution in [-0.2, 0) is 13.0 Å². The Balaban J connectivity index is 2.03. The van der Waals surface area contributed by atoms with Crippen LogP contribution in [0.25, 0.3) is 11.1 Å². The van der Waals surface area contributed by atoms with Crippen molar-refractivity contribution >= 4 is 0 Å². The maximum atomic E-state index is 15.3. The molecule has 10 heteroatoms. The zero-order valence-electron chi connectivity index (χ0n) is 15.2. The summed E-state index contributed by atoms with van der Waals surface area (Å²) >= 11 is 0. The first-order chi connectivity index (χ1) is 14.4. The standard InChI is InChI=1S/C20H15F5N2O3/c21-18-13(7-11-1-3-14(10-28)27-9-11)2-4-15(29-19(22)23)17(18)12-5-6-26-16(8-12)30-20(24)25/h1-6,8-9,19-20,28H,7,10H2. The second kappa shape index (κ2) is 9.49. The van der Waals surface area contributed by atoms with Gasteiger partial charge < -0.3 is 14.6 Å². The van der Waals surface area contributed by atoms with E-state index in [4.69, 9.17) is 5.11 Å². The first kappa shape index (κ1) is 21.4. The van der Waals surface area contributed by atoms with Gasteiger partial charge in [0.15, 0.2) is 0 Å². The van der Waals surface area contributed by atoms with E-state index in [1.54, 1.807) is 12.1 Å². The highest BCUT2D eigenvalue weighted by Crippen LogP contribution is 2.37. The molecule has 0 amide bonds. The van der Waals surface area contributed by atoms with E-state index >= 15 is 4.39 Å². The number of benzene rings is 1. The van der Waals surface area contributed by atoms with Crippen molar-refractivity contribution in [2.75, 3.05) is 0 Å². The summed E-state index contributed by atoms with van der Waals surface area (Å²) in [5.74, 6) is -1.83. The number of ether oxygens (including phenoxy) is 2. The lowest BCUT2D eigenvalue weighted by atomic mass is 9.98. The Labute approximate surface area is 167 Å². The zero-order chi connectivity index (χ0) is 21.7. The highest BCUT2D eigenvalue weighted by Gasteiger charge is 2.20. The second-order valence-corrected chi connectivity index (χ2v) is 6.04. The lowest BCUT2D eigenvalue weighted by Gasteiger charge is -2.15. The van der Waals surface area contributed by atoms with Gasteiger partial charge in [0, 0.05) is 24.9 Å². The smallest absolute Gasteiger partial charge is 0.388 e. The first-order valence-corrected chi connectivity index (χ1v) is 8.59. The molecule has 2 aromatic heterocycles. The minimum Gasteiger partial charge on any atom is -0.434 e. The van der Waals surface area contributed by atoms with Crippen molar-refractivity contribution in [1.82, 2.24) is 9.97 Å². The van der Waals surface area contributed by atoms with Crippen LogP contribution in [0.2, 0.25) is 0 Å². The molecule has 0 aliphatic heterocycles. The fourth-order valence-corrected chi connectivity index (χ4v) is 2.79. The molecular weight excluding hydrogens is 411 g/mol. The number of hydrogen-bond donors (Lipinski definition) is 1. The molecule has 0 saturated carbocycles. The predicted octanol–water partition coefficient (Wildman–Crippen LogP) is 4.57. The van der Waals surface area contributed by atoms with Crippen molar-refractivity contribution < 1.29 is 36.5 Å². The summed E-state index contributed by atoms with van der Waals surface area (Å²) < 4.78 is 74.5. The van der Waals surface area contributed by atoms with Crippen LogP contribution >= 0.6 is 0 Å². The quantitative estimate of drug-likeness (QED) is 0.535. The van der Waals surface area contributed by atoms with Gasteiger partial charge in [0.05, 0.1) is 17.9 Å². The van der Waals surface area contributed by atoms with Crippen LogP contribution in [0.15, 0.2) is 48.8 Å². The van der Waals surface area contributed by atoms with E-state index in [2.05, 4.69) is 19.4 Å². The third-order valence-corrected chi connectivity index (χ3v) is 4.08. The molecule has 0 saturated heterocycles. The molecule has 0 aliphatic rings. The molecule has 5 nitrogen and oxygen atoms in total. The number of aliphatic hydroxyl groups is 1. The molecule has 1 N–H and O–H groups in total. The second-order valence-electron chi connectivity index (χ2n) is 6.04. The summed E-state index contributed by atoms with van der Waals surface area (Å²) in [4.78, 5) is 7.60. The molecule has 0 aliphatic carbocycles. The monoisotopic (exact) mass is 426 g/mol. The minimum atomic E-state index is -3.22. The van der Waals surface area contributed by atoms with Crippen LogP contribution in [-0.4, -0.2) is 28.3 Å². The van der Waals surface area contributed by atoms with E-state index in [-0.39, 0.29) is 29.7 Å². The largest absolute Gasteiger partial charge is 0.434 e. The number of aromatic nitrogens is 2. The molecular formula is C20H15F5N2O3. The van der Waals surface area contributed by atoms with Crippen LogP contribution in [0.1, 0.15) is 16.8 Å². The van der Waals surface area contributed by atoms with Crippen LogP contribution in [0.3, 0.4) is 0 Å². The molecule has 0 radical (unpaired) electrons. The molecule has 1 aromatic carbocycles. The van der Waals surface area contributed by atoms with E-state index < -0.39 is 30.7 Å². The molecule has 30 heavy (non-hydrogen) atoms. The predicted molar refractivity (Wildman–Crippen MR) is 95.9 cm³/mol. The van der Waals surface area contributed by atoms with Crippen molar-refractivity contribution in [3.63, 3.8) is 0 Å². The normalized spacial score (nSPS) is 11.2. The Morgan fingerprint density at radius 1 is 0.933 bits per heavy atom. The molecule has 2 heterocycles. The SMILES string of the molecule is OCc1ccc(Cc2ccc(OC(F)F)c(-c3ccnc(OC(F)F)c3)c2F)cn1. The molecule has 3 rings (SSSR count). The third kappa shape index (κ3) is 5.20. The summed E-state index contributed by atoms with van der Waals surface area (Å²) in [7, 11) is 0. The fraction of sp³-hybridized carbons (Fsp3) is 0.200. The van der Waals surface area contributed by atoms with E-state index in [1.807, 2.05) is 0 Å². The summed E-state index contributed by atoms with van der Waals surface area (Å²) in [5.41, 5.74) is 0.817. The van der Waals surface area contributed by atoms with Crippen molar-refractivity contribution in [2.24, 2.45) is 0 Å². The molecule has 3 aromatic rings.